The lowest BCUT2D eigenvalue weighted by Gasteiger charge is -2.18. The molecule has 0 aliphatic heterocycles. The third-order valence-electron chi connectivity index (χ3n) is 4.40. The molecule has 0 heterocycles. The van der Waals surface area contributed by atoms with Crippen molar-refractivity contribution in [2.75, 3.05) is 6.54 Å². The van der Waals surface area contributed by atoms with Crippen molar-refractivity contribution in [3.63, 3.8) is 0 Å². The molecule has 0 saturated heterocycles. The third kappa shape index (κ3) is 5.52. The average Bonchev–Trinajstić information content (AvgIpc) is 2.72. The Morgan fingerprint density at radius 3 is 2.29 bits per heavy atom. The highest BCUT2D eigenvalue weighted by Crippen LogP contribution is 2.16. The van der Waals surface area contributed by atoms with Crippen LogP contribution in [0.5, 0.6) is 0 Å². The maximum atomic E-state index is 12.9. The molecule has 1 atom stereocenters. The fourth-order valence-corrected chi connectivity index (χ4v) is 3.16. The molecule has 1 amide bonds. The van der Waals surface area contributed by atoms with Crippen molar-refractivity contribution in [2.24, 2.45) is 0 Å². The number of benzene rings is 3. The van der Waals surface area contributed by atoms with Gasteiger partial charge in [0.15, 0.2) is 0 Å². The summed E-state index contributed by atoms with van der Waals surface area (Å²) in [6, 6.07) is 26.4. The Morgan fingerprint density at radius 1 is 0.929 bits per heavy atom. The Balaban J connectivity index is 1.68. The van der Waals surface area contributed by atoms with Crippen molar-refractivity contribution in [1.29, 1.82) is 5.41 Å². The number of carbonyl (C=O) groups excluding carboxylic acids is 1. The first-order chi connectivity index (χ1) is 13.6. The summed E-state index contributed by atoms with van der Waals surface area (Å²) in [7, 11) is 0. The molecule has 0 spiro atoms. The van der Waals surface area contributed by atoms with E-state index in [0.29, 0.717) is 23.7 Å². The maximum Gasteiger partial charge on any atom is 0.234 e. The van der Waals surface area contributed by atoms with Crippen LogP contribution >= 0.6 is 11.6 Å². The van der Waals surface area contributed by atoms with Gasteiger partial charge >= 0.3 is 0 Å². The quantitative estimate of drug-likeness (QED) is 0.414. The van der Waals surface area contributed by atoms with E-state index in [-0.39, 0.29) is 11.7 Å². The summed E-state index contributed by atoms with van der Waals surface area (Å²) >= 11 is 6.03. The van der Waals surface area contributed by atoms with Gasteiger partial charge in [-0.1, -0.05) is 84.4 Å². The van der Waals surface area contributed by atoms with Gasteiger partial charge in [0.2, 0.25) is 5.91 Å². The number of nitrogens with one attached hydrogen (secondary N) is 3. The molecule has 3 aromatic carbocycles. The minimum Gasteiger partial charge on any atom is -0.312 e. The zero-order chi connectivity index (χ0) is 19.8. The Bertz CT molecular complexity index is 929. The normalized spacial score (nSPS) is 11.6. The van der Waals surface area contributed by atoms with Crippen LogP contribution in [0, 0.1) is 5.41 Å². The summed E-state index contributed by atoms with van der Waals surface area (Å²) in [5, 5.41) is 14.9. The highest BCUT2D eigenvalue weighted by molar-refractivity contribution is 6.30. The van der Waals surface area contributed by atoms with Crippen LogP contribution in [-0.4, -0.2) is 18.3 Å². The molecular formula is C23H22ClN3O. The number of hydrogen-bond donors (Lipinski definition) is 3. The van der Waals surface area contributed by atoms with Gasteiger partial charge in [-0.2, -0.15) is 0 Å². The summed E-state index contributed by atoms with van der Waals surface area (Å²) in [5.74, 6) is -0.524. The van der Waals surface area contributed by atoms with E-state index < -0.39 is 5.92 Å². The van der Waals surface area contributed by atoms with E-state index in [0.717, 1.165) is 11.1 Å². The summed E-state index contributed by atoms with van der Waals surface area (Å²) in [4.78, 5) is 12.9. The molecule has 5 heteroatoms. The van der Waals surface area contributed by atoms with Crippen LogP contribution in [0.15, 0.2) is 84.9 Å². The fourth-order valence-electron chi connectivity index (χ4n) is 2.94. The molecule has 3 N–H and O–H groups in total. The van der Waals surface area contributed by atoms with Crippen LogP contribution in [0.25, 0.3) is 0 Å². The first kappa shape index (κ1) is 19.8. The number of rotatable bonds is 7. The molecule has 0 bridgehead atoms. The van der Waals surface area contributed by atoms with Crippen molar-refractivity contribution in [3.8, 4) is 0 Å². The molecule has 0 aromatic heterocycles. The summed E-state index contributed by atoms with van der Waals surface area (Å²) in [6.45, 7) is 1.05. The first-order valence-electron chi connectivity index (χ1n) is 9.08. The fraction of sp³-hybridized carbons (Fsp3) is 0.130. The SMILES string of the molecule is N=C(NC(=O)C(CNCc1cccc(Cl)c1)c1ccccc1)c1ccccc1. The van der Waals surface area contributed by atoms with Gasteiger partial charge in [-0.15, -0.1) is 0 Å². The Morgan fingerprint density at radius 2 is 1.61 bits per heavy atom. The summed E-state index contributed by atoms with van der Waals surface area (Å²) < 4.78 is 0. The monoisotopic (exact) mass is 391 g/mol. The van der Waals surface area contributed by atoms with E-state index in [1.165, 1.54) is 0 Å². The largest absolute Gasteiger partial charge is 0.312 e. The molecular weight excluding hydrogens is 370 g/mol. The molecule has 142 valence electrons. The van der Waals surface area contributed by atoms with E-state index >= 15 is 0 Å². The van der Waals surface area contributed by atoms with Crippen molar-refractivity contribution in [3.05, 3.63) is 107 Å². The zero-order valence-corrected chi connectivity index (χ0v) is 16.1. The number of amides is 1. The number of carbonyl (C=O) groups is 1. The van der Waals surface area contributed by atoms with Crippen molar-refractivity contribution in [1.82, 2.24) is 10.6 Å². The number of hydrogen-bond acceptors (Lipinski definition) is 3. The Hall–Kier alpha value is -2.95. The molecule has 0 aliphatic carbocycles. The van der Waals surface area contributed by atoms with E-state index in [1.807, 2.05) is 72.8 Å². The van der Waals surface area contributed by atoms with Crippen LogP contribution in [0.2, 0.25) is 5.02 Å². The number of amidine groups is 1. The van der Waals surface area contributed by atoms with Gasteiger partial charge in [0.05, 0.1) is 5.92 Å². The van der Waals surface area contributed by atoms with Crippen molar-refractivity contribution >= 4 is 23.3 Å². The second-order valence-electron chi connectivity index (χ2n) is 6.45. The predicted octanol–water partition coefficient (Wildman–Crippen LogP) is 4.36. The van der Waals surface area contributed by atoms with Crippen molar-refractivity contribution < 1.29 is 4.79 Å². The molecule has 0 saturated carbocycles. The van der Waals surface area contributed by atoms with Crippen LogP contribution in [-0.2, 0) is 11.3 Å². The minimum absolute atomic E-state index is 0.0985. The summed E-state index contributed by atoms with van der Waals surface area (Å²) in [5.41, 5.74) is 2.63. The van der Waals surface area contributed by atoms with Crippen LogP contribution in [0.1, 0.15) is 22.6 Å². The molecule has 3 rings (SSSR count). The standard InChI is InChI=1S/C23H22ClN3O/c24-20-13-7-8-17(14-20)15-26-16-21(18-9-3-1-4-10-18)23(28)27-22(25)19-11-5-2-6-12-19/h1-14,21,26H,15-16H2,(H2,25,27,28). The van der Waals surface area contributed by atoms with Gasteiger partial charge in [0.25, 0.3) is 0 Å². The molecule has 4 nitrogen and oxygen atoms in total. The second kappa shape index (κ2) is 9.83. The van der Waals surface area contributed by atoms with Crippen LogP contribution in [0.4, 0.5) is 0 Å². The highest BCUT2D eigenvalue weighted by atomic mass is 35.5. The highest BCUT2D eigenvalue weighted by Gasteiger charge is 2.21. The maximum absolute atomic E-state index is 12.9. The second-order valence-corrected chi connectivity index (χ2v) is 6.89. The van der Waals surface area contributed by atoms with Crippen LogP contribution in [0.3, 0.4) is 0 Å². The lowest BCUT2D eigenvalue weighted by molar-refractivity contribution is -0.121. The van der Waals surface area contributed by atoms with Crippen molar-refractivity contribution in [2.45, 2.75) is 12.5 Å². The van der Waals surface area contributed by atoms with E-state index in [2.05, 4.69) is 10.6 Å². The Kier molecular flexibility index (Phi) is 6.95. The van der Waals surface area contributed by atoms with E-state index in [4.69, 9.17) is 17.0 Å². The van der Waals surface area contributed by atoms with Gasteiger partial charge in [-0.25, -0.2) is 0 Å². The number of halogens is 1. The molecule has 1 unspecified atom stereocenters. The van der Waals surface area contributed by atoms with E-state index in [9.17, 15) is 4.79 Å². The van der Waals surface area contributed by atoms with Crippen LogP contribution < -0.4 is 10.6 Å². The minimum atomic E-state index is -0.413. The first-order valence-corrected chi connectivity index (χ1v) is 9.46. The average molecular weight is 392 g/mol. The Labute approximate surface area is 170 Å². The van der Waals surface area contributed by atoms with Gasteiger partial charge in [-0.05, 0) is 23.3 Å². The van der Waals surface area contributed by atoms with Gasteiger partial charge in [-0.3, -0.25) is 10.2 Å². The topological polar surface area (TPSA) is 65.0 Å². The molecule has 0 radical (unpaired) electrons. The lowest BCUT2D eigenvalue weighted by atomic mass is 9.97. The van der Waals surface area contributed by atoms with E-state index in [1.54, 1.807) is 12.1 Å². The zero-order valence-electron chi connectivity index (χ0n) is 15.4. The smallest absolute Gasteiger partial charge is 0.234 e. The molecule has 28 heavy (non-hydrogen) atoms. The lowest BCUT2D eigenvalue weighted by Crippen LogP contribution is -2.38. The third-order valence-corrected chi connectivity index (χ3v) is 4.63. The van der Waals surface area contributed by atoms with Gasteiger partial charge in [0, 0.05) is 23.7 Å². The molecule has 0 aliphatic rings. The molecule has 3 aromatic rings. The molecule has 0 fully saturated rings. The summed E-state index contributed by atoms with van der Waals surface area (Å²) in [6.07, 6.45) is 0. The van der Waals surface area contributed by atoms with Gasteiger partial charge < -0.3 is 10.6 Å². The predicted molar refractivity (Wildman–Crippen MR) is 114 cm³/mol. The van der Waals surface area contributed by atoms with Gasteiger partial charge in [0.1, 0.15) is 5.84 Å².